The molecule has 2 aromatic rings. The predicted octanol–water partition coefficient (Wildman–Crippen LogP) is 5.20. The van der Waals surface area contributed by atoms with E-state index in [1.165, 1.54) is 0 Å². The summed E-state index contributed by atoms with van der Waals surface area (Å²) in [5.41, 5.74) is 2.28. The van der Waals surface area contributed by atoms with Gasteiger partial charge in [-0.15, -0.1) is 0 Å². The Labute approximate surface area is 139 Å². The van der Waals surface area contributed by atoms with Gasteiger partial charge in [0.1, 0.15) is 17.4 Å². The zero-order chi connectivity index (χ0) is 14.7. The molecular formula is C14H11Br2ClN2O. The molecule has 0 radical (unpaired) electrons. The van der Waals surface area contributed by atoms with Crippen LogP contribution in [0.25, 0.3) is 11.3 Å². The van der Waals surface area contributed by atoms with Crippen molar-refractivity contribution < 1.29 is 4.74 Å². The molecule has 0 aliphatic rings. The molecule has 0 fully saturated rings. The van der Waals surface area contributed by atoms with Gasteiger partial charge in [0.2, 0.25) is 0 Å². The zero-order valence-electron chi connectivity index (χ0n) is 10.7. The maximum absolute atomic E-state index is 9.40. The van der Waals surface area contributed by atoms with E-state index in [2.05, 4.69) is 37.9 Å². The molecule has 0 spiro atoms. The minimum atomic E-state index is 0.370. The second kappa shape index (κ2) is 6.77. The lowest BCUT2D eigenvalue weighted by Gasteiger charge is -2.11. The third kappa shape index (κ3) is 2.94. The van der Waals surface area contributed by atoms with E-state index in [9.17, 15) is 5.26 Å². The van der Waals surface area contributed by atoms with E-state index in [1.807, 2.05) is 23.6 Å². The van der Waals surface area contributed by atoms with Crippen LogP contribution in [0.1, 0.15) is 12.5 Å². The Morgan fingerprint density at radius 2 is 1.95 bits per heavy atom. The van der Waals surface area contributed by atoms with Gasteiger partial charge < -0.3 is 9.30 Å². The van der Waals surface area contributed by atoms with Crippen molar-refractivity contribution in [2.45, 2.75) is 13.7 Å². The van der Waals surface area contributed by atoms with Crippen molar-refractivity contribution in [3.8, 4) is 17.3 Å². The van der Waals surface area contributed by atoms with Gasteiger partial charge in [-0.25, -0.2) is 0 Å². The maximum atomic E-state index is 9.40. The van der Waals surface area contributed by atoms with Gasteiger partial charge in [-0.3, -0.25) is 0 Å². The van der Waals surface area contributed by atoms with E-state index in [4.69, 9.17) is 16.3 Å². The van der Waals surface area contributed by atoms with Crippen molar-refractivity contribution >= 4 is 43.5 Å². The van der Waals surface area contributed by atoms with Crippen molar-refractivity contribution in [3.63, 3.8) is 0 Å². The normalized spacial score (nSPS) is 10.6. The van der Waals surface area contributed by atoms with Crippen LogP contribution in [-0.2, 0) is 11.5 Å². The SMILES string of the molecule is CCOCn1c(Br)c(Br)c(C#N)c1-c1ccc(Cl)cc1. The molecule has 6 heteroatoms. The first-order chi connectivity index (χ1) is 9.60. The minimum Gasteiger partial charge on any atom is -0.361 e. The third-order valence-electron chi connectivity index (χ3n) is 2.80. The lowest BCUT2D eigenvalue weighted by atomic mass is 10.1. The maximum Gasteiger partial charge on any atom is 0.123 e. The quantitative estimate of drug-likeness (QED) is 0.685. The lowest BCUT2D eigenvalue weighted by molar-refractivity contribution is 0.0877. The van der Waals surface area contributed by atoms with Gasteiger partial charge in [0.25, 0.3) is 0 Å². The number of nitriles is 1. The fraction of sp³-hybridized carbons (Fsp3) is 0.214. The molecule has 0 aliphatic heterocycles. The summed E-state index contributed by atoms with van der Waals surface area (Å²) >= 11 is 12.9. The first-order valence-electron chi connectivity index (χ1n) is 5.91. The van der Waals surface area contributed by atoms with Gasteiger partial charge in [-0.1, -0.05) is 23.7 Å². The molecule has 1 aromatic heterocycles. The predicted molar refractivity (Wildman–Crippen MR) is 86.6 cm³/mol. The number of benzene rings is 1. The summed E-state index contributed by atoms with van der Waals surface area (Å²) in [6.07, 6.45) is 0. The van der Waals surface area contributed by atoms with Crippen LogP contribution in [-0.4, -0.2) is 11.2 Å². The molecule has 104 valence electrons. The highest BCUT2D eigenvalue weighted by molar-refractivity contribution is 9.13. The van der Waals surface area contributed by atoms with Crippen LogP contribution in [0.5, 0.6) is 0 Å². The van der Waals surface area contributed by atoms with E-state index in [0.29, 0.717) is 23.9 Å². The number of ether oxygens (including phenoxy) is 1. The number of hydrogen-bond donors (Lipinski definition) is 0. The first kappa shape index (κ1) is 15.6. The van der Waals surface area contributed by atoms with E-state index in [1.54, 1.807) is 12.1 Å². The van der Waals surface area contributed by atoms with Crippen LogP contribution in [0, 0.1) is 11.3 Å². The number of rotatable bonds is 4. The van der Waals surface area contributed by atoms with Crippen molar-refractivity contribution in [3.05, 3.63) is 43.9 Å². The molecule has 3 nitrogen and oxygen atoms in total. The zero-order valence-corrected chi connectivity index (χ0v) is 14.6. The Morgan fingerprint density at radius 3 is 2.50 bits per heavy atom. The first-order valence-corrected chi connectivity index (χ1v) is 7.87. The summed E-state index contributed by atoms with van der Waals surface area (Å²) in [6.45, 7) is 2.90. The molecular weight excluding hydrogens is 407 g/mol. The number of halogens is 3. The highest BCUT2D eigenvalue weighted by Gasteiger charge is 2.21. The van der Waals surface area contributed by atoms with Crippen molar-refractivity contribution in [1.82, 2.24) is 4.57 Å². The van der Waals surface area contributed by atoms with Gasteiger partial charge in [0, 0.05) is 11.6 Å². The van der Waals surface area contributed by atoms with Crippen LogP contribution in [0.4, 0.5) is 0 Å². The Hall–Kier alpha value is -0.800. The monoisotopic (exact) mass is 416 g/mol. The molecule has 1 aromatic carbocycles. The smallest absolute Gasteiger partial charge is 0.123 e. The van der Waals surface area contributed by atoms with Gasteiger partial charge in [-0.2, -0.15) is 5.26 Å². The number of nitrogens with zero attached hydrogens (tertiary/aromatic N) is 2. The second-order valence-corrected chi connectivity index (χ2v) is 5.98. The Morgan fingerprint density at radius 1 is 1.30 bits per heavy atom. The van der Waals surface area contributed by atoms with Crippen LogP contribution in [0.3, 0.4) is 0 Å². The van der Waals surface area contributed by atoms with Crippen molar-refractivity contribution in [2.75, 3.05) is 6.61 Å². The molecule has 20 heavy (non-hydrogen) atoms. The Kier molecular flexibility index (Phi) is 5.28. The molecule has 0 aliphatic carbocycles. The summed E-state index contributed by atoms with van der Waals surface area (Å²) < 4.78 is 8.90. The van der Waals surface area contributed by atoms with Gasteiger partial charge >= 0.3 is 0 Å². The highest BCUT2D eigenvalue weighted by Crippen LogP contribution is 2.38. The van der Waals surface area contributed by atoms with Crippen LogP contribution in [0.15, 0.2) is 33.3 Å². The number of aromatic nitrogens is 1. The van der Waals surface area contributed by atoms with E-state index >= 15 is 0 Å². The summed E-state index contributed by atoms with van der Waals surface area (Å²) in [6, 6.07) is 9.61. The molecule has 0 amide bonds. The standard InChI is InChI=1S/C14H11Br2ClN2O/c1-2-20-8-19-13(9-3-5-10(17)6-4-9)11(7-18)12(15)14(19)16/h3-6H,2,8H2,1H3. The third-order valence-corrected chi connectivity index (χ3v) is 5.18. The molecule has 0 saturated heterocycles. The molecule has 0 unspecified atom stereocenters. The average Bonchev–Trinajstić information content (AvgIpc) is 2.69. The molecule has 0 atom stereocenters. The molecule has 1 heterocycles. The average molecular weight is 419 g/mol. The molecule has 0 saturated carbocycles. The Bertz CT molecular complexity index is 659. The van der Waals surface area contributed by atoms with Crippen molar-refractivity contribution in [2.24, 2.45) is 0 Å². The minimum absolute atomic E-state index is 0.370. The fourth-order valence-electron chi connectivity index (χ4n) is 1.87. The summed E-state index contributed by atoms with van der Waals surface area (Å²) in [4.78, 5) is 0. The summed E-state index contributed by atoms with van der Waals surface area (Å²) in [7, 11) is 0. The van der Waals surface area contributed by atoms with E-state index < -0.39 is 0 Å². The summed E-state index contributed by atoms with van der Waals surface area (Å²) in [5.74, 6) is 0. The Balaban J connectivity index is 2.63. The van der Waals surface area contributed by atoms with Crippen LogP contribution < -0.4 is 0 Å². The van der Waals surface area contributed by atoms with Crippen molar-refractivity contribution in [1.29, 1.82) is 5.26 Å². The van der Waals surface area contributed by atoms with E-state index in [-0.39, 0.29) is 0 Å². The molecule has 2 rings (SSSR count). The second-order valence-electron chi connectivity index (χ2n) is 4.00. The molecule has 0 N–H and O–H groups in total. The van der Waals surface area contributed by atoms with Gasteiger partial charge in [0.15, 0.2) is 0 Å². The van der Waals surface area contributed by atoms with E-state index in [0.717, 1.165) is 20.3 Å². The largest absolute Gasteiger partial charge is 0.361 e. The lowest BCUT2D eigenvalue weighted by Crippen LogP contribution is -2.04. The van der Waals surface area contributed by atoms with Gasteiger partial charge in [-0.05, 0) is 56.5 Å². The number of hydrogen-bond acceptors (Lipinski definition) is 2. The highest BCUT2D eigenvalue weighted by atomic mass is 79.9. The fourth-order valence-corrected chi connectivity index (χ4v) is 2.97. The summed E-state index contributed by atoms with van der Waals surface area (Å²) in [5, 5.41) is 10.1. The topological polar surface area (TPSA) is 38.0 Å². The molecule has 0 bridgehead atoms. The van der Waals surface area contributed by atoms with Crippen LogP contribution >= 0.6 is 43.5 Å². The van der Waals surface area contributed by atoms with Crippen LogP contribution in [0.2, 0.25) is 5.02 Å². The van der Waals surface area contributed by atoms with Gasteiger partial charge in [0.05, 0.1) is 15.7 Å².